The zero-order valence-electron chi connectivity index (χ0n) is 19.6. The molecule has 11 nitrogen and oxygen atoms in total. The van der Waals surface area contributed by atoms with Crippen molar-refractivity contribution in [2.45, 2.75) is 19.9 Å². The molecule has 3 amide bonds. The van der Waals surface area contributed by atoms with E-state index in [4.69, 9.17) is 16.2 Å². The number of phenolic OH excluding ortho intramolecular Hbond substituents is 1. The number of phenols is 1. The highest BCUT2D eigenvalue weighted by molar-refractivity contribution is 7.09. The molecule has 0 aliphatic heterocycles. The van der Waals surface area contributed by atoms with Gasteiger partial charge >= 0.3 is 5.97 Å². The lowest BCUT2D eigenvalue weighted by Crippen LogP contribution is -2.45. The van der Waals surface area contributed by atoms with Crippen molar-refractivity contribution in [1.82, 2.24) is 9.69 Å². The van der Waals surface area contributed by atoms with Gasteiger partial charge in [-0.25, -0.2) is 0 Å². The van der Waals surface area contributed by atoms with Crippen LogP contribution in [0.15, 0.2) is 48.5 Å². The molecule has 3 aromatic rings. The molecule has 0 saturated heterocycles. The summed E-state index contributed by atoms with van der Waals surface area (Å²) >= 11 is 0.677. The third-order valence-corrected chi connectivity index (χ3v) is 5.97. The molecule has 0 saturated carbocycles. The molecule has 2 aromatic carbocycles. The Morgan fingerprint density at radius 3 is 2.31 bits per heavy atom. The van der Waals surface area contributed by atoms with Crippen molar-refractivity contribution in [2.75, 3.05) is 23.8 Å². The molecule has 0 bridgehead atoms. The fraction of sp³-hybridized carbons (Fsp3) is 0.208. The number of rotatable bonds is 9. The number of nitrogens with one attached hydrogen (secondary N) is 1. The Morgan fingerprint density at radius 2 is 1.75 bits per heavy atom. The SMILES string of the molecule is CCOC(=O)CNC(=O)[C@@H](c1ccc(O)cc1)N(C(=O)c1snc(C(N)=O)c1N)c1ccc(C)cc1. The van der Waals surface area contributed by atoms with E-state index < -0.39 is 36.3 Å². The Labute approximate surface area is 210 Å². The zero-order chi connectivity index (χ0) is 26.4. The first-order valence-corrected chi connectivity index (χ1v) is 11.6. The first-order chi connectivity index (χ1) is 17.1. The number of aryl methyl sites for hydroxylation is 1. The lowest BCUT2D eigenvalue weighted by Gasteiger charge is -2.31. The average Bonchev–Trinajstić information content (AvgIpc) is 3.24. The van der Waals surface area contributed by atoms with Crippen molar-refractivity contribution < 1.29 is 29.0 Å². The zero-order valence-corrected chi connectivity index (χ0v) is 20.4. The summed E-state index contributed by atoms with van der Waals surface area (Å²) in [6.07, 6.45) is 0. The standard InChI is InChI=1S/C24H25N5O6S/c1-3-35-17(31)12-27-23(33)20(14-6-10-16(30)11-7-14)29(15-8-4-13(2)5-9-15)24(34)21-18(25)19(22(26)32)28-36-21/h4-11,20,30H,3,12,25H2,1-2H3,(H2,26,32)(H,27,33)/t20-/m1/s1. The third kappa shape index (κ3) is 5.78. The predicted molar refractivity (Wildman–Crippen MR) is 134 cm³/mol. The molecular weight excluding hydrogens is 486 g/mol. The van der Waals surface area contributed by atoms with Gasteiger partial charge in [0.25, 0.3) is 11.8 Å². The molecule has 6 N–H and O–H groups in total. The van der Waals surface area contributed by atoms with Gasteiger partial charge in [-0.05, 0) is 55.2 Å². The average molecular weight is 512 g/mol. The first kappa shape index (κ1) is 26.2. The summed E-state index contributed by atoms with van der Waals surface area (Å²) in [5, 5.41) is 12.3. The minimum Gasteiger partial charge on any atom is -0.508 e. The quantitative estimate of drug-likeness (QED) is 0.315. The second-order valence-corrected chi connectivity index (χ2v) is 8.44. The number of carbonyl (C=O) groups excluding carboxylic acids is 4. The van der Waals surface area contributed by atoms with Crippen LogP contribution in [0.4, 0.5) is 11.4 Å². The molecular formula is C24H25N5O6S. The van der Waals surface area contributed by atoms with E-state index in [0.29, 0.717) is 22.8 Å². The minimum atomic E-state index is -1.30. The maximum absolute atomic E-state index is 13.9. The normalized spacial score (nSPS) is 11.4. The van der Waals surface area contributed by atoms with Crippen molar-refractivity contribution in [3.63, 3.8) is 0 Å². The Balaban J connectivity index is 2.14. The number of anilines is 2. The van der Waals surface area contributed by atoms with Crippen molar-refractivity contribution in [3.8, 4) is 5.75 Å². The Bertz CT molecular complexity index is 1270. The van der Waals surface area contributed by atoms with Gasteiger partial charge in [0.15, 0.2) is 5.69 Å². The molecule has 1 heterocycles. The Morgan fingerprint density at radius 1 is 1.11 bits per heavy atom. The summed E-state index contributed by atoms with van der Waals surface area (Å²) < 4.78 is 8.77. The second-order valence-electron chi connectivity index (χ2n) is 7.67. The van der Waals surface area contributed by atoms with Gasteiger partial charge in [0, 0.05) is 5.69 Å². The molecule has 188 valence electrons. The molecule has 12 heteroatoms. The van der Waals surface area contributed by atoms with E-state index in [0.717, 1.165) is 5.56 Å². The maximum Gasteiger partial charge on any atom is 0.325 e. The van der Waals surface area contributed by atoms with E-state index >= 15 is 0 Å². The summed E-state index contributed by atoms with van der Waals surface area (Å²) in [4.78, 5) is 51.9. The van der Waals surface area contributed by atoms with Crippen LogP contribution in [0, 0.1) is 6.92 Å². The molecule has 0 aliphatic carbocycles. The van der Waals surface area contributed by atoms with E-state index in [1.165, 1.54) is 29.2 Å². The summed E-state index contributed by atoms with van der Waals surface area (Å²) in [6.45, 7) is 3.21. The summed E-state index contributed by atoms with van der Waals surface area (Å²) in [5.74, 6) is -3.00. The van der Waals surface area contributed by atoms with Gasteiger partial charge in [-0.2, -0.15) is 4.37 Å². The molecule has 3 rings (SSSR count). The number of aromatic nitrogens is 1. The molecule has 0 aliphatic rings. The van der Waals surface area contributed by atoms with Crippen LogP contribution in [0.25, 0.3) is 0 Å². The second kappa shape index (κ2) is 11.3. The van der Waals surface area contributed by atoms with Gasteiger partial charge in [-0.3, -0.25) is 24.1 Å². The molecule has 0 radical (unpaired) electrons. The van der Waals surface area contributed by atoms with Crippen molar-refractivity contribution in [3.05, 3.63) is 70.2 Å². The topological polar surface area (TPSA) is 178 Å². The first-order valence-electron chi connectivity index (χ1n) is 10.8. The fourth-order valence-electron chi connectivity index (χ4n) is 3.37. The number of nitrogens with two attached hydrogens (primary N) is 2. The summed E-state index contributed by atoms with van der Waals surface area (Å²) in [5.41, 5.74) is 12.5. The van der Waals surface area contributed by atoms with Gasteiger partial charge in [-0.1, -0.05) is 29.8 Å². The summed E-state index contributed by atoms with van der Waals surface area (Å²) in [6, 6.07) is 11.2. The molecule has 0 fully saturated rings. The summed E-state index contributed by atoms with van der Waals surface area (Å²) in [7, 11) is 0. The molecule has 0 spiro atoms. The fourth-order valence-corrected chi connectivity index (χ4v) is 4.11. The van der Waals surface area contributed by atoms with E-state index in [-0.39, 0.29) is 28.6 Å². The van der Waals surface area contributed by atoms with Gasteiger partial charge in [0.2, 0.25) is 5.91 Å². The molecule has 1 atom stereocenters. The molecule has 0 unspecified atom stereocenters. The van der Waals surface area contributed by atoms with Crippen LogP contribution in [-0.4, -0.2) is 46.3 Å². The highest BCUT2D eigenvalue weighted by Crippen LogP contribution is 2.33. The monoisotopic (exact) mass is 511 g/mol. The Kier molecular flexibility index (Phi) is 8.22. The number of nitrogen functional groups attached to an aromatic ring is 1. The number of esters is 1. The number of benzene rings is 2. The van der Waals surface area contributed by atoms with Crippen LogP contribution in [-0.2, 0) is 14.3 Å². The number of nitrogens with zero attached hydrogens (tertiary/aromatic N) is 2. The van der Waals surface area contributed by atoms with Crippen molar-refractivity contribution in [2.24, 2.45) is 5.73 Å². The van der Waals surface area contributed by atoms with E-state index in [1.54, 1.807) is 31.2 Å². The largest absolute Gasteiger partial charge is 0.508 e. The van der Waals surface area contributed by atoms with Crippen LogP contribution < -0.4 is 21.7 Å². The Hall–Kier alpha value is -4.45. The van der Waals surface area contributed by atoms with Crippen LogP contribution in [0.3, 0.4) is 0 Å². The van der Waals surface area contributed by atoms with Gasteiger partial charge in [-0.15, -0.1) is 0 Å². The number of ether oxygens (including phenoxy) is 1. The smallest absolute Gasteiger partial charge is 0.325 e. The minimum absolute atomic E-state index is 0.0459. The van der Waals surface area contributed by atoms with E-state index in [1.807, 2.05) is 6.92 Å². The van der Waals surface area contributed by atoms with E-state index in [2.05, 4.69) is 9.69 Å². The van der Waals surface area contributed by atoms with Crippen LogP contribution in [0.2, 0.25) is 0 Å². The van der Waals surface area contributed by atoms with Gasteiger partial charge in [0.1, 0.15) is 23.2 Å². The van der Waals surface area contributed by atoms with Crippen LogP contribution in [0.5, 0.6) is 5.75 Å². The lowest BCUT2D eigenvalue weighted by molar-refractivity contribution is -0.143. The van der Waals surface area contributed by atoms with Crippen molar-refractivity contribution in [1.29, 1.82) is 0 Å². The van der Waals surface area contributed by atoms with Crippen LogP contribution in [0.1, 0.15) is 44.3 Å². The molecule has 36 heavy (non-hydrogen) atoms. The maximum atomic E-state index is 13.9. The number of aromatic hydroxyl groups is 1. The number of hydrogen-bond acceptors (Lipinski definition) is 9. The van der Waals surface area contributed by atoms with E-state index in [9.17, 15) is 24.3 Å². The number of carbonyl (C=O) groups is 4. The van der Waals surface area contributed by atoms with Crippen molar-refractivity contribution >= 4 is 46.6 Å². The van der Waals surface area contributed by atoms with Gasteiger partial charge in [0.05, 0.1) is 12.3 Å². The number of amides is 3. The lowest BCUT2D eigenvalue weighted by atomic mass is 10.0. The van der Waals surface area contributed by atoms with Gasteiger partial charge < -0.3 is 26.6 Å². The third-order valence-electron chi connectivity index (χ3n) is 5.11. The highest BCUT2D eigenvalue weighted by atomic mass is 32.1. The highest BCUT2D eigenvalue weighted by Gasteiger charge is 2.36. The molecule has 1 aromatic heterocycles. The number of primary amides is 1. The number of hydrogen-bond donors (Lipinski definition) is 4. The predicted octanol–water partition coefficient (Wildman–Crippen LogP) is 1.91. The van der Waals surface area contributed by atoms with Crippen LogP contribution >= 0.6 is 11.5 Å².